The van der Waals surface area contributed by atoms with Crippen LogP contribution in [-0.4, -0.2) is 5.78 Å². The first-order valence-electron chi connectivity index (χ1n) is 3.26. The molecule has 1 nitrogen and oxygen atoms in total. The fraction of sp³-hybridized carbons (Fsp3) is 0.857. The molecule has 0 aliphatic heterocycles. The van der Waals surface area contributed by atoms with Gasteiger partial charge in [-0.05, 0) is 19.3 Å². The first kappa shape index (κ1) is 5.80. The average Bonchev–Trinajstić information content (AvgIpc) is 2.42. The van der Waals surface area contributed by atoms with Gasteiger partial charge < -0.3 is 0 Å². The Labute approximate surface area is 50.1 Å². The molecule has 0 N–H and O–H groups in total. The Balaban J connectivity index is 2.26. The fourth-order valence-electron chi connectivity index (χ4n) is 1.20. The molecule has 46 valence electrons. The Hall–Kier alpha value is -0.330. The van der Waals surface area contributed by atoms with Gasteiger partial charge >= 0.3 is 0 Å². The second kappa shape index (κ2) is 1.88. The predicted molar refractivity (Wildman–Crippen MR) is 32.6 cm³/mol. The molecule has 1 saturated carbocycles. The lowest BCUT2D eigenvalue weighted by atomic mass is 10.2. The Bertz CT molecular complexity index is 107. The Morgan fingerprint density at radius 2 is 2.38 bits per heavy atom. The minimum atomic E-state index is 0.386. The maximum atomic E-state index is 10.6. The SMILES string of the molecule is CC[C@H]1C[C@H]1C(C)=O. The van der Waals surface area contributed by atoms with Gasteiger partial charge in [-0.25, -0.2) is 0 Å². The van der Waals surface area contributed by atoms with E-state index < -0.39 is 0 Å². The maximum Gasteiger partial charge on any atom is 0.133 e. The first-order valence-corrected chi connectivity index (χ1v) is 3.26. The number of Topliss-reactive ketones (excluding diaryl/α,β-unsaturated/α-hetero) is 1. The molecule has 1 heteroatoms. The molecular formula is C7H12O. The summed E-state index contributed by atoms with van der Waals surface area (Å²) in [6, 6.07) is 0. The molecule has 1 aliphatic rings. The maximum absolute atomic E-state index is 10.6. The van der Waals surface area contributed by atoms with Crippen molar-refractivity contribution in [3.05, 3.63) is 0 Å². The quantitative estimate of drug-likeness (QED) is 0.530. The topological polar surface area (TPSA) is 17.1 Å². The van der Waals surface area contributed by atoms with E-state index in [1.807, 2.05) is 0 Å². The predicted octanol–water partition coefficient (Wildman–Crippen LogP) is 1.62. The molecule has 0 aromatic carbocycles. The van der Waals surface area contributed by atoms with E-state index in [0.29, 0.717) is 11.7 Å². The van der Waals surface area contributed by atoms with Gasteiger partial charge in [0.2, 0.25) is 0 Å². The van der Waals surface area contributed by atoms with E-state index in [9.17, 15) is 4.79 Å². The Kier molecular flexibility index (Phi) is 1.37. The third-order valence-corrected chi connectivity index (χ3v) is 1.97. The van der Waals surface area contributed by atoms with Gasteiger partial charge in [-0.3, -0.25) is 4.79 Å². The third kappa shape index (κ3) is 0.908. The summed E-state index contributed by atoms with van der Waals surface area (Å²) in [4.78, 5) is 10.6. The van der Waals surface area contributed by atoms with E-state index in [2.05, 4.69) is 6.92 Å². The minimum absolute atomic E-state index is 0.386. The van der Waals surface area contributed by atoms with Crippen LogP contribution in [-0.2, 0) is 4.79 Å². The highest BCUT2D eigenvalue weighted by molar-refractivity contribution is 5.81. The molecule has 0 spiro atoms. The highest BCUT2D eigenvalue weighted by Gasteiger charge is 2.38. The van der Waals surface area contributed by atoms with Crippen molar-refractivity contribution in [2.75, 3.05) is 0 Å². The zero-order valence-electron chi connectivity index (χ0n) is 5.48. The van der Waals surface area contributed by atoms with Crippen LogP contribution in [0.1, 0.15) is 26.7 Å². The molecule has 2 atom stereocenters. The third-order valence-electron chi connectivity index (χ3n) is 1.97. The van der Waals surface area contributed by atoms with Crippen LogP contribution in [0.2, 0.25) is 0 Å². The molecule has 0 radical (unpaired) electrons. The van der Waals surface area contributed by atoms with Crippen molar-refractivity contribution in [2.45, 2.75) is 26.7 Å². The van der Waals surface area contributed by atoms with Gasteiger partial charge in [-0.2, -0.15) is 0 Å². The molecule has 1 fully saturated rings. The van der Waals surface area contributed by atoms with Crippen molar-refractivity contribution >= 4 is 5.78 Å². The van der Waals surface area contributed by atoms with Crippen LogP contribution < -0.4 is 0 Å². The van der Waals surface area contributed by atoms with Crippen LogP contribution in [0.15, 0.2) is 0 Å². The van der Waals surface area contributed by atoms with Gasteiger partial charge in [0.05, 0.1) is 0 Å². The highest BCUT2D eigenvalue weighted by atomic mass is 16.1. The molecule has 1 aliphatic carbocycles. The van der Waals surface area contributed by atoms with Crippen LogP contribution >= 0.6 is 0 Å². The standard InChI is InChI=1S/C7H12O/c1-3-6-4-7(6)5(2)8/h6-7H,3-4H2,1-2H3/t6-,7-/m0/s1. The molecule has 8 heavy (non-hydrogen) atoms. The van der Waals surface area contributed by atoms with Crippen LogP contribution in [0.4, 0.5) is 0 Å². The first-order chi connectivity index (χ1) is 3.75. The van der Waals surface area contributed by atoms with E-state index in [1.165, 1.54) is 6.42 Å². The lowest BCUT2D eigenvalue weighted by Gasteiger charge is -1.85. The van der Waals surface area contributed by atoms with E-state index in [-0.39, 0.29) is 0 Å². The highest BCUT2D eigenvalue weighted by Crippen LogP contribution is 2.41. The van der Waals surface area contributed by atoms with E-state index in [0.717, 1.165) is 12.3 Å². The summed E-state index contributed by atoms with van der Waals surface area (Å²) in [5.41, 5.74) is 0. The van der Waals surface area contributed by atoms with Crippen molar-refractivity contribution in [2.24, 2.45) is 11.8 Å². The van der Waals surface area contributed by atoms with Crippen LogP contribution in [0, 0.1) is 11.8 Å². The monoisotopic (exact) mass is 112 g/mol. The number of carbonyl (C=O) groups excluding carboxylic acids is 1. The van der Waals surface area contributed by atoms with E-state index in [1.54, 1.807) is 6.92 Å². The lowest BCUT2D eigenvalue weighted by molar-refractivity contribution is -0.118. The van der Waals surface area contributed by atoms with Gasteiger partial charge in [-0.1, -0.05) is 13.3 Å². The van der Waals surface area contributed by atoms with Gasteiger partial charge in [0.1, 0.15) is 5.78 Å². The summed E-state index contributed by atoms with van der Waals surface area (Å²) in [6.45, 7) is 3.84. The van der Waals surface area contributed by atoms with Gasteiger partial charge in [-0.15, -0.1) is 0 Å². The zero-order valence-corrected chi connectivity index (χ0v) is 5.48. The molecule has 0 unspecified atom stereocenters. The zero-order chi connectivity index (χ0) is 6.15. The Morgan fingerprint density at radius 3 is 2.50 bits per heavy atom. The summed E-state index contributed by atoms with van der Waals surface area (Å²) in [7, 11) is 0. The minimum Gasteiger partial charge on any atom is -0.300 e. The number of hydrogen-bond acceptors (Lipinski definition) is 1. The van der Waals surface area contributed by atoms with Crippen molar-refractivity contribution < 1.29 is 4.79 Å². The number of hydrogen-bond donors (Lipinski definition) is 0. The number of ketones is 1. The molecule has 0 heterocycles. The number of carbonyl (C=O) groups is 1. The molecule has 0 saturated heterocycles. The van der Waals surface area contributed by atoms with Gasteiger partial charge in [0.25, 0.3) is 0 Å². The van der Waals surface area contributed by atoms with Crippen molar-refractivity contribution in [3.8, 4) is 0 Å². The second-order valence-electron chi connectivity index (χ2n) is 2.62. The van der Waals surface area contributed by atoms with Crippen LogP contribution in [0.3, 0.4) is 0 Å². The summed E-state index contributed by atoms with van der Waals surface area (Å²) < 4.78 is 0. The lowest BCUT2D eigenvalue weighted by Crippen LogP contribution is -1.93. The van der Waals surface area contributed by atoms with Crippen LogP contribution in [0.25, 0.3) is 0 Å². The molecule has 1 rings (SSSR count). The van der Waals surface area contributed by atoms with E-state index in [4.69, 9.17) is 0 Å². The smallest absolute Gasteiger partial charge is 0.133 e. The molecule has 0 amide bonds. The Morgan fingerprint density at radius 1 is 1.75 bits per heavy atom. The van der Waals surface area contributed by atoms with Crippen molar-refractivity contribution in [1.82, 2.24) is 0 Å². The normalized spacial score (nSPS) is 34.8. The molecule has 0 bridgehead atoms. The number of rotatable bonds is 2. The van der Waals surface area contributed by atoms with Crippen molar-refractivity contribution in [1.29, 1.82) is 0 Å². The summed E-state index contributed by atoms with van der Waals surface area (Å²) >= 11 is 0. The molecular weight excluding hydrogens is 100 g/mol. The molecule has 0 aromatic heterocycles. The van der Waals surface area contributed by atoms with Crippen molar-refractivity contribution in [3.63, 3.8) is 0 Å². The summed E-state index contributed by atoms with van der Waals surface area (Å²) in [5.74, 6) is 1.57. The fourth-order valence-corrected chi connectivity index (χ4v) is 1.20. The molecule has 0 aromatic rings. The average molecular weight is 112 g/mol. The van der Waals surface area contributed by atoms with Gasteiger partial charge in [0, 0.05) is 5.92 Å². The summed E-state index contributed by atoms with van der Waals surface area (Å²) in [6.07, 6.45) is 2.34. The largest absolute Gasteiger partial charge is 0.300 e. The van der Waals surface area contributed by atoms with Crippen LogP contribution in [0.5, 0.6) is 0 Å². The van der Waals surface area contributed by atoms with Gasteiger partial charge in [0.15, 0.2) is 0 Å². The second-order valence-corrected chi connectivity index (χ2v) is 2.62. The van der Waals surface area contributed by atoms with E-state index >= 15 is 0 Å². The summed E-state index contributed by atoms with van der Waals surface area (Å²) in [5, 5.41) is 0.